The van der Waals surface area contributed by atoms with Crippen molar-refractivity contribution in [2.45, 2.75) is 4.21 Å². The molecule has 1 unspecified atom stereocenters. The summed E-state index contributed by atoms with van der Waals surface area (Å²) in [6.07, 6.45) is 0. The van der Waals surface area contributed by atoms with Gasteiger partial charge < -0.3 is 10.4 Å². The SMILES string of the molecule is O=C(CS(=O)c1cccs1)Nc1cc(C(=O)O)ccc1Cl. The van der Waals surface area contributed by atoms with Crippen LogP contribution in [0.3, 0.4) is 0 Å². The molecule has 0 saturated heterocycles. The summed E-state index contributed by atoms with van der Waals surface area (Å²) in [6.45, 7) is 0. The van der Waals surface area contributed by atoms with Crippen LogP contribution in [0.25, 0.3) is 0 Å². The molecular weight excluding hydrogens is 334 g/mol. The van der Waals surface area contributed by atoms with Crippen LogP contribution in [-0.2, 0) is 15.6 Å². The monoisotopic (exact) mass is 343 g/mol. The lowest BCUT2D eigenvalue weighted by molar-refractivity contribution is -0.113. The Morgan fingerprint density at radius 2 is 2.10 bits per heavy atom. The summed E-state index contributed by atoms with van der Waals surface area (Å²) in [6, 6.07) is 7.42. The summed E-state index contributed by atoms with van der Waals surface area (Å²) in [7, 11) is -1.43. The van der Waals surface area contributed by atoms with Crippen LogP contribution in [0.2, 0.25) is 5.02 Å². The number of thiophene rings is 1. The van der Waals surface area contributed by atoms with Crippen LogP contribution >= 0.6 is 22.9 Å². The Hall–Kier alpha value is -1.70. The van der Waals surface area contributed by atoms with Gasteiger partial charge in [0.2, 0.25) is 5.91 Å². The van der Waals surface area contributed by atoms with E-state index in [0.717, 1.165) is 0 Å². The van der Waals surface area contributed by atoms with Gasteiger partial charge in [0.25, 0.3) is 0 Å². The minimum absolute atomic E-state index is 0.00841. The number of rotatable bonds is 5. The molecule has 0 radical (unpaired) electrons. The van der Waals surface area contributed by atoms with E-state index in [0.29, 0.717) is 4.21 Å². The third-order valence-electron chi connectivity index (χ3n) is 2.47. The molecule has 0 bridgehead atoms. The van der Waals surface area contributed by atoms with Crippen molar-refractivity contribution in [2.75, 3.05) is 11.1 Å². The summed E-state index contributed by atoms with van der Waals surface area (Å²) in [4.78, 5) is 22.7. The Bertz CT molecular complexity index is 700. The molecular formula is C13H10ClNO4S2. The number of anilines is 1. The smallest absolute Gasteiger partial charge is 0.335 e. The fraction of sp³-hybridized carbons (Fsp3) is 0.0769. The molecule has 0 aliphatic carbocycles. The standard InChI is InChI=1S/C13H10ClNO4S2/c14-9-4-3-8(13(17)18)6-10(9)15-11(16)7-21(19)12-2-1-5-20-12/h1-6H,7H2,(H,15,16)(H,17,18). The third-order valence-corrected chi connectivity index (χ3v) is 5.42. The van der Waals surface area contributed by atoms with Crippen LogP contribution < -0.4 is 5.32 Å². The van der Waals surface area contributed by atoms with Gasteiger partial charge in [-0.25, -0.2) is 4.79 Å². The number of halogens is 1. The van der Waals surface area contributed by atoms with E-state index in [1.54, 1.807) is 17.5 Å². The van der Waals surface area contributed by atoms with Gasteiger partial charge in [-0.05, 0) is 29.6 Å². The number of carbonyl (C=O) groups excluding carboxylic acids is 1. The van der Waals surface area contributed by atoms with Gasteiger partial charge in [0.1, 0.15) is 5.75 Å². The Kier molecular flexibility index (Phi) is 5.11. The van der Waals surface area contributed by atoms with E-state index in [9.17, 15) is 13.8 Å². The van der Waals surface area contributed by atoms with Crippen molar-refractivity contribution in [1.82, 2.24) is 0 Å². The van der Waals surface area contributed by atoms with Crippen LogP contribution in [0, 0.1) is 0 Å². The van der Waals surface area contributed by atoms with E-state index in [2.05, 4.69) is 5.32 Å². The summed E-state index contributed by atoms with van der Waals surface area (Å²) in [5, 5.41) is 13.4. The molecule has 1 aromatic carbocycles. The van der Waals surface area contributed by atoms with Gasteiger partial charge in [-0.2, -0.15) is 0 Å². The van der Waals surface area contributed by atoms with Crippen molar-refractivity contribution in [3.05, 3.63) is 46.3 Å². The molecule has 0 fully saturated rings. The molecule has 21 heavy (non-hydrogen) atoms. The van der Waals surface area contributed by atoms with Crippen LogP contribution in [-0.4, -0.2) is 26.9 Å². The zero-order valence-corrected chi connectivity index (χ0v) is 12.9. The second-order valence-corrected chi connectivity index (χ2v) is 7.00. The van der Waals surface area contributed by atoms with Gasteiger partial charge in [0.05, 0.1) is 31.3 Å². The number of hydrogen-bond acceptors (Lipinski definition) is 4. The molecule has 0 spiro atoms. The molecule has 110 valence electrons. The van der Waals surface area contributed by atoms with Crippen molar-refractivity contribution in [3.63, 3.8) is 0 Å². The van der Waals surface area contributed by atoms with Crippen molar-refractivity contribution >= 4 is 51.3 Å². The zero-order chi connectivity index (χ0) is 15.4. The molecule has 5 nitrogen and oxygen atoms in total. The van der Waals surface area contributed by atoms with E-state index in [1.165, 1.54) is 29.5 Å². The number of carboxylic acids is 1. The average Bonchev–Trinajstić information content (AvgIpc) is 2.95. The lowest BCUT2D eigenvalue weighted by Gasteiger charge is -2.07. The molecule has 8 heteroatoms. The number of hydrogen-bond donors (Lipinski definition) is 2. The maximum absolute atomic E-state index is 11.9. The molecule has 1 aromatic heterocycles. The van der Waals surface area contributed by atoms with E-state index >= 15 is 0 Å². The van der Waals surface area contributed by atoms with Crippen LogP contribution in [0.5, 0.6) is 0 Å². The predicted molar refractivity (Wildman–Crippen MR) is 82.6 cm³/mol. The average molecular weight is 344 g/mol. The Balaban J connectivity index is 2.07. The lowest BCUT2D eigenvalue weighted by atomic mass is 10.2. The van der Waals surface area contributed by atoms with Crippen molar-refractivity contribution in [1.29, 1.82) is 0 Å². The molecule has 2 aromatic rings. The highest BCUT2D eigenvalue weighted by Gasteiger charge is 2.14. The summed E-state index contributed by atoms with van der Waals surface area (Å²) in [5.41, 5.74) is 0.193. The summed E-state index contributed by atoms with van der Waals surface area (Å²) >= 11 is 7.20. The normalized spacial score (nSPS) is 11.9. The Morgan fingerprint density at radius 3 is 2.71 bits per heavy atom. The first-order valence-corrected chi connectivity index (χ1v) is 8.29. The first-order chi connectivity index (χ1) is 9.97. The minimum Gasteiger partial charge on any atom is -0.478 e. The number of nitrogens with one attached hydrogen (secondary N) is 1. The van der Waals surface area contributed by atoms with Gasteiger partial charge in [-0.15, -0.1) is 11.3 Å². The zero-order valence-electron chi connectivity index (χ0n) is 10.5. The van der Waals surface area contributed by atoms with Crippen LogP contribution in [0.1, 0.15) is 10.4 Å². The second kappa shape index (κ2) is 6.84. The predicted octanol–water partition coefficient (Wildman–Crippen LogP) is 2.85. The second-order valence-electron chi connectivity index (χ2n) is 3.97. The molecule has 1 heterocycles. The van der Waals surface area contributed by atoms with Gasteiger partial charge in [-0.3, -0.25) is 9.00 Å². The van der Waals surface area contributed by atoms with Crippen LogP contribution in [0.15, 0.2) is 39.9 Å². The van der Waals surface area contributed by atoms with Gasteiger partial charge in [-0.1, -0.05) is 17.7 Å². The highest BCUT2D eigenvalue weighted by Crippen LogP contribution is 2.23. The van der Waals surface area contributed by atoms with Crippen molar-refractivity contribution in [2.24, 2.45) is 0 Å². The quantitative estimate of drug-likeness (QED) is 0.874. The van der Waals surface area contributed by atoms with Crippen molar-refractivity contribution < 1.29 is 18.9 Å². The lowest BCUT2D eigenvalue weighted by Crippen LogP contribution is -2.19. The topological polar surface area (TPSA) is 83.5 Å². The number of aromatic carboxylic acids is 1. The molecule has 1 atom stereocenters. The van der Waals surface area contributed by atoms with Gasteiger partial charge >= 0.3 is 5.97 Å². The fourth-order valence-corrected chi connectivity index (χ4v) is 3.59. The number of carboxylic acid groups (broad SMARTS) is 1. The Morgan fingerprint density at radius 1 is 1.33 bits per heavy atom. The van der Waals surface area contributed by atoms with E-state index in [4.69, 9.17) is 16.7 Å². The summed E-state index contributed by atoms with van der Waals surface area (Å²) in [5.74, 6) is -1.83. The highest BCUT2D eigenvalue weighted by molar-refractivity contribution is 7.88. The molecule has 0 aliphatic heterocycles. The number of amides is 1. The first-order valence-electron chi connectivity index (χ1n) is 5.72. The van der Waals surface area contributed by atoms with E-state index in [1.807, 2.05) is 0 Å². The van der Waals surface area contributed by atoms with E-state index in [-0.39, 0.29) is 22.0 Å². The fourth-order valence-electron chi connectivity index (χ4n) is 1.52. The highest BCUT2D eigenvalue weighted by atomic mass is 35.5. The molecule has 0 saturated carbocycles. The minimum atomic E-state index is -1.43. The molecule has 0 aliphatic rings. The maximum Gasteiger partial charge on any atom is 0.335 e. The van der Waals surface area contributed by atoms with Gasteiger partial charge in [0, 0.05) is 0 Å². The van der Waals surface area contributed by atoms with E-state index < -0.39 is 22.7 Å². The Labute approximate surface area is 132 Å². The largest absolute Gasteiger partial charge is 0.478 e. The van der Waals surface area contributed by atoms with Crippen molar-refractivity contribution in [3.8, 4) is 0 Å². The first kappa shape index (κ1) is 15.7. The molecule has 2 N–H and O–H groups in total. The number of benzene rings is 1. The molecule has 2 rings (SSSR count). The summed E-state index contributed by atoms with van der Waals surface area (Å²) < 4.78 is 12.5. The van der Waals surface area contributed by atoms with Gasteiger partial charge in [0.15, 0.2) is 0 Å². The maximum atomic E-state index is 11.9. The van der Waals surface area contributed by atoms with Crippen LogP contribution in [0.4, 0.5) is 5.69 Å². The molecule has 1 amide bonds. The third kappa shape index (κ3) is 4.13. The number of carbonyl (C=O) groups is 2.